The molecule has 22 heavy (non-hydrogen) atoms. The van der Waals surface area contributed by atoms with Crippen LogP contribution in [0.25, 0.3) is 11.3 Å². The molecule has 0 aliphatic carbocycles. The molecule has 1 aromatic heterocycles. The molecule has 0 bridgehead atoms. The zero-order valence-corrected chi connectivity index (χ0v) is 12.9. The van der Waals surface area contributed by atoms with Crippen molar-refractivity contribution >= 4 is 11.7 Å². The number of nitrogens with zero attached hydrogens (tertiary/aromatic N) is 3. The number of ketones is 1. The molecule has 2 aromatic rings. The van der Waals surface area contributed by atoms with Crippen molar-refractivity contribution in [3.8, 4) is 11.3 Å². The van der Waals surface area contributed by atoms with Crippen molar-refractivity contribution in [3.63, 3.8) is 0 Å². The Balaban J connectivity index is 2.25. The van der Waals surface area contributed by atoms with E-state index in [4.69, 9.17) is 0 Å². The van der Waals surface area contributed by atoms with E-state index in [2.05, 4.69) is 22.6 Å². The first-order valence-electron chi connectivity index (χ1n) is 7.40. The second-order valence-electron chi connectivity index (χ2n) is 5.07. The van der Waals surface area contributed by atoms with Crippen molar-refractivity contribution in [3.05, 3.63) is 36.0 Å². The average molecular weight is 300 g/mol. The molecule has 0 aliphatic heterocycles. The smallest absolute Gasteiger partial charge is 0.241 e. The van der Waals surface area contributed by atoms with Gasteiger partial charge in [0.05, 0.1) is 0 Å². The molecule has 0 saturated heterocycles. The first-order chi connectivity index (χ1) is 10.6. The predicted molar refractivity (Wildman–Crippen MR) is 83.4 cm³/mol. The molecule has 1 heterocycles. The lowest BCUT2D eigenvalue weighted by molar-refractivity contribution is -0.121. The van der Waals surface area contributed by atoms with Gasteiger partial charge in [-0.2, -0.15) is 0 Å². The minimum Gasteiger partial charge on any atom is -0.354 e. The summed E-state index contributed by atoms with van der Waals surface area (Å²) in [6.45, 7) is 4.21. The van der Waals surface area contributed by atoms with Gasteiger partial charge in [0.25, 0.3) is 0 Å². The molecule has 0 unspecified atom stereocenters. The molecule has 0 fully saturated rings. The molecule has 6 nitrogen and oxygen atoms in total. The number of aromatic nitrogens is 3. The van der Waals surface area contributed by atoms with Crippen LogP contribution in [0.1, 0.15) is 37.2 Å². The Morgan fingerprint density at radius 2 is 1.95 bits per heavy atom. The third-order valence-corrected chi connectivity index (χ3v) is 3.26. The average Bonchev–Trinajstić information content (AvgIpc) is 2.92. The molecular formula is C16H20N4O2. The lowest BCUT2D eigenvalue weighted by Gasteiger charge is -2.08. The van der Waals surface area contributed by atoms with E-state index in [1.54, 1.807) is 0 Å². The van der Waals surface area contributed by atoms with Crippen LogP contribution in [0.5, 0.6) is 0 Å². The highest BCUT2D eigenvalue weighted by Crippen LogP contribution is 2.22. The summed E-state index contributed by atoms with van der Waals surface area (Å²) in [6.07, 6.45) is 1.96. The van der Waals surface area contributed by atoms with Gasteiger partial charge in [0.15, 0.2) is 11.5 Å². The monoisotopic (exact) mass is 300 g/mol. The Kier molecular flexibility index (Phi) is 5.41. The molecule has 0 atom stereocenters. The summed E-state index contributed by atoms with van der Waals surface area (Å²) in [6, 6.07) is 9.38. The van der Waals surface area contributed by atoms with Crippen molar-refractivity contribution in [1.82, 2.24) is 20.3 Å². The van der Waals surface area contributed by atoms with E-state index in [0.717, 1.165) is 18.4 Å². The van der Waals surface area contributed by atoms with Crippen molar-refractivity contribution in [2.24, 2.45) is 0 Å². The molecule has 0 radical (unpaired) electrons. The first-order valence-corrected chi connectivity index (χ1v) is 7.40. The van der Waals surface area contributed by atoms with Crippen LogP contribution in [0.2, 0.25) is 0 Å². The fourth-order valence-electron chi connectivity index (χ4n) is 2.14. The van der Waals surface area contributed by atoms with Gasteiger partial charge in [0, 0.05) is 19.0 Å². The highest BCUT2D eigenvalue weighted by molar-refractivity contribution is 5.98. The second-order valence-corrected chi connectivity index (χ2v) is 5.07. The number of hydrogen-bond acceptors (Lipinski definition) is 4. The number of hydrogen-bond donors (Lipinski definition) is 1. The van der Waals surface area contributed by atoms with Gasteiger partial charge in [-0.15, -0.1) is 5.10 Å². The number of Topliss-reactive ketones (excluding diaryl/α,β-unsaturated/α-hetero) is 1. The molecule has 1 aromatic carbocycles. The van der Waals surface area contributed by atoms with Crippen LogP contribution in [-0.4, -0.2) is 33.2 Å². The normalized spacial score (nSPS) is 10.5. The van der Waals surface area contributed by atoms with Gasteiger partial charge >= 0.3 is 0 Å². The Bertz CT molecular complexity index is 649. The summed E-state index contributed by atoms with van der Waals surface area (Å²) in [7, 11) is 0. The summed E-state index contributed by atoms with van der Waals surface area (Å²) in [5.74, 6) is -0.304. The fourth-order valence-corrected chi connectivity index (χ4v) is 2.14. The molecule has 6 heteroatoms. The highest BCUT2D eigenvalue weighted by atomic mass is 16.2. The minimum absolute atomic E-state index is 0.0498. The Hall–Kier alpha value is -2.50. The van der Waals surface area contributed by atoms with Crippen LogP contribution in [0.3, 0.4) is 0 Å². The third kappa shape index (κ3) is 3.78. The third-order valence-electron chi connectivity index (χ3n) is 3.26. The predicted octanol–water partition coefficient (Wildman–Crippen LogP) is 2.06. The molecule has 1 amide bonds. The second kappa shape index (κ2) is 7.49. The van der Waals surface area contributed by atoms with Crippen molar-refractivity contribution in [2.75, 3.05) is 6.54 Å². The van der Waals surface area contributed by atoms with Gasteiger partial charge in [0.2, 0.25) is 5.91 Å². The van der Waals surface area contributed by atoms with Crippen molar-refractivity contribution in [1.29, 1.82) is 0 Å². The Labute approximate surface area is 129 Å². The van der Waals surface area contributed by atoms with Crippen LogP contribution < -0.4 is 5.32 Å². The molecule has 116 valence electrons. The van der Waals surface area contributed by atoms with E-state index in [1.165, 1.54) is 11.6 Å². The molecule has 2 rings (SSSR count). The lowest BCUT2D eigenvalue weighted by atomic mass is 10.1. The van der Waals surface area contributed by atoms with E-state index in [9.17, 15) is 9.59 Å². The molecule has 0 spiro atoms. The number of nitrogens with one attached hydrogen (secondary N) is 1. The number of rotatable bonds is 7. The zero-order chi connectivity index (χ0) is 15.9. The van der Waals surface area contributed by atoms with Gasteiger partial charge < -0.3 is 5.32 Å². The Morgan fingerprint density at radius 3 is 2.59 bits per heavy atom. The van der Waals surface area contributed by atoms with Crippen LogP contribution in [0.15, 0.2) is 30.3 Å². The van der Waals surface area contributed by atoms with Gasteiger partial charge in [-0.25, -0.2) is 4.68 Å². The largest absolute Gasteiger partial charge is 0.354 e. The van der Waals surface area contributed by atoms with Crippen molar-refractivity contribution in [2.45, 2.75) is 33.2 Å². The van der Waals surface area contributed by atoms with Crippen LogP contribution in [-0.2, 0) is 11.3 Å². The minimum atomic E-state index is -0.170. The summed E-state index contributed by atoms with van der Waals surface area (Å²) < 4.78 is 1.48. The van der Waals surface area contributed by atoms with E-state index in [-0.39, 0.29) is 23.9 Å². The van der Waals surface area contributed by atoms with Gasteiger partial charge in [-0.05, 0) is 6.42 Å². The molecular weight excluding hydrogens is 280 g/mol. The van der Waals surface area contributed by atoms with Crippen LogP contribution >= 0.6 is 0 Å². The summed E-state index contributed by atoms with van der Waals surface area (Å²) in [5.41, 5.74) is 1.69. The maximum absolute atomic E-state index is 12.0. The van der Waals surface area contributed by atoms with E-state index in [0.29, 0.717) is 12.2 Å². The number of benzene rings is 1. The lowest BCUT2D eigenvalue weighted by Crippen LogP contribution is -2.29. The molecule has 0 aliphatic rings. The SMILES string of the molecule is CCCCNC(=O)Cn1nnc(C(C)=O)c1-c1ccccc1. The van der Waals surface area contributed by atoms with E-state index >= 15 is 0 Å². The highest BCUT2D eigenvalue weighted by Gasteiger charge is 2.19. The van der Waals surface area contributed by atoms with Gasteiger partial charge in [-0.3, -0.25) is 9.59 Å². The summed E-state index contributed by atoms with van der Waals surface area (Å²) >= 11 is 0. The van der Waals surface area contributed by atoms with Crippen molar-refractivity contribution < 1.29 is 9.59 Å². The number of carbonyl (C=O) groups is 2. The fraction of sp³-hybridized carbons (Fsp3) is 0.375. The zero-order valence-electron chi connectivity index (χ0n) is 12.9. The van der Waals surface area contributed by atoms with Crippen LogP contribution in [0, 0.1) is 0 Å². The summed E-state index contributed by atoms with van der Waals surface area (Å²) in [4.78, 5) is 23.7. The topological polar surface area (TPSA) is 76.9 Å². The quantitative estimate of drug-likeness (QED) is 0.627. The number of carbonyl (C=O) groups excluding carboxylic acids is 2. The van der Waals surface area contributed by atoms with E-state index in [1.807, 2.05) is 30.3 Å². The van der Waals surface area contributed by atoms with Gasteiger partial charge in [-0.1, -0.05) is 48.9 Å². The summed E-state index contributed by atoms with van der Waals surface area (Å²) in [5, 5.41) is 10.7. The molecule has 1 N–H and O–H groups in total. The maximum Gasteiger partial charge on any atom is 0.241 e. The maximum atomic E-state index is 12.0. The standard InChI is InChI=1S/C16H20N4O2/c1-3-4-10-17-14(22)11-20-16(13-8-6-5-7-9-13)15(12(2)21)18-19-20/h5-9H,3-4,10-11H2,1-2H3,(H,17,22). The number of amides is 1. The number of unbranched alkanes of at least 4 members (excludes halogenated alkanes) is 1. The van der Waals surface area contributed by atoms with E-state index < -0.39 is 0 Å². The first kappa shape index (κ1) is 15.9. The molecule has 0 saturated carbocycles. The van der Waals surface area contributed by atoms with Gasteiger partial charge in [0.1, 0.15) is 12.2 Å². The van der Waals surface area contributed by atoms with Crippen LogP contribution in [0.4, 0.5) is 0 Å². The Morgan fingerprint density at radius 1 is 1.23 bits per heavy atom.